The Kier molecular flexibility index (Phi) is 4.39. The highest BCUT2D eigenvalue weighted by Gasteiger charge is 2.14. The predicted molar refractivity (Wildman–Crippen MR) is 84.8 cm³/mol. The first-order chi connectivity index (χ1) is 10.7. The second-order valence-electron chi connectivity index (χ2n) is 5.54. The molecule has 2 heterocycles. The Hall–Kier alpha value is -2.34. The van der Waals surface area contributed by atoms with Gasteiger partial charge in [0.05, 0.1) is 0 Å². The van der Waals surface area contributed by atoms with Crippen molar-refractivity contribution < 1.29 is 9.32 Å². The van der Waals surface area contributed by atoms with E-state index in [0.29, 0.717) is 11.6 Å². The zero-order valence-electron chi connectivity index (χ0n) is 12.6. The van der Waals surface area contributed by atoms with E-state index in [0.717, 1.165) is 30.9 Å². The van der Waals surface area contributed by atoms with Gasteiger partial charge < -0.3 is 9.84 Å². The molecule has 0 atom stereocenters. The molecule has 1 aromatic carbocycles. The SMILES string of the molecule is Cc1cc(NC(=O)Nc2ccccc2CN2CCCC2)no1. The third-order valence-corrected chi connectivity index (χ3v) is 3.73. The van der Waals surface area contributed by atoms with Crippen LogP contribution in [-0.4, -0.2) is 29.2 Å². The van der Waals surface area contributed by atoms with Crippen LogP contribution in [0.1, 0.15) is 24.2 Å². The average molecular weight is 300 g/mol. The highest BCUT2D eigenvalue weighted by Crippen LogP contribution is 2.20. The van der Waals surface area contributed by atoms with E-state index in [-0.39, 0.29) is 6.03 Å². The Morgan fingerprint density at radius 3 is 2.77 bits per heavy atom. The van der Waals surface area contributed by atoms with Crippen LogP contribution in [0.15, 0.2) is 34.9 Å². The summed E-state index contributed by atoms with van der Waals surface area (Å²) in [6.45, 7) is 4.89. The predicted octanol–water partition coefficient (Wildman–Crippen LogP) is 3.22. The van der Waals surface area contributed by atoms with Crippen molar-refractivity contribution in [2.75, 3.05) is 23.7 Å². The lowest BCUT2D eigenvalue weighted by molar-refractivity contribution is 0.262. The zero-order chi connectivity index (χ0) is 15.4. The number of likely N-dealkylation sites (tertiary alicyclic amines) is 1. The number of rotatable bonds is 4. The number of amides is 2. The second kappa shape index (κ2) is 6.62. The Balaban J connectivity index is 1.64. The van der Waals surface area contributed by atoms with Crippen molar-refractivity contribution in [2.24, 2.45) is 0 Å². The number of aromatic nitrogens is 1. The molecular formula is C16H20N4O2. The molecule has 2 amide bonds. The molecule has 2 N–H and O–H groups in total. The number of benzene rings is 1. The standard InChI is InChI=1S/C16H20N4O2/c1-12-10-15(19-22-12)18-16(21)17-14-7-3-2-6-13(14)11-20-8-4-5-9-20/h2-3,6-7,10H,4-5,8-9,11H2,1H3,(H2,17,18,19,21). The minimum Gasteiger partial charge on any atom is -0.360 e. The van der Waals surface area contributed by atoms with Crippen molar-refractivity contribution in [3.05, 3.63) is 41.7 Å². The van der Waals surface area contributed by atoms with Gasteiger partial charge in [-0.25, -0.2) is 4.79 Å². The van der Waals surface area contributed by atoms with Crippen molar-refractivity contribution in [1.82, 2.24) is 10.1 Å². The summed E-state index contributed by atoms with van der Waals surface area (Å²) in [5.74, 6) is 1.07. The molecule has 0 saturated carbocycles. The minimum absolute atomic E-state index is 0.317. The number of carbonyl (C=O) groups excluding carboxylic acids is 1. The van der Waals surface area contributed by atoms with Crippen molar-refractivity contribution in [3.8, 4) is 0 Å². The number of anilines is 2. The third kappa shape index (κ3) is 3.65. The van der Waals surface area contributed by atoms with E-state index in [1.165, 1.54) is 12.8 Å². The van der Waals surface area contributed by atoms with Crippen molar-refractivity contribution >= 4 is 17.5 Å². The lowest BCUT2D eigenvalue weighted by Gasteiger charge is -2.17. The number of para-hydroxylation sites is 1. The van der Waals surface area contributed by atoms with E-state index in [9.17, 15) is 4.79 Å². The average Bonchev–Trinajstić information content (AvgIpc) is 3.13. The number of aryl methyl sites for hydroxylation is 1. The number of hydrogen-bond donors (Lipinski definition) is 2. The quantitative estimate of drug-likeness (QED) is 0.909. The van der Waals surface area contributed by atoms with Gasteiger partial charge in [-0.05, 0) is 44.5 Å². The second-order valence-corrected chi connectivity index (χ2v) is 5.54. The lowest BCUT2D eigenvalue weighted by atomic mass is 10.1. The van der Waals surface area contributed by atoms with Crippen LogP contribution < -0.4 is 10.6 Å². The highest BCUT2D eigenvalue weighted by molar-refractivity contribution is 5.99. The maximum atomic E-state index is 12.1. The summed E-state index contributed by atoms with van der Waals surface area (Å²) in [7, 11) is 0. The normalized spacial score (nSPS) is 15.0. The molecule has 6 heteroatoms. The fourth-order valence-corrected chi connectivity index (χ4v) is 2.66. The monoisotopic (exact) mass is 300 g/mol. The van der Waals surface area contributed by atoms with E-state index in [1.807, 2.05) is 24.3 Å². The summed E-state index contributed by atoms with van der Waals surface area (Å²) in [5.41, 5.74) is 1.95. The molecule has 0 spiro atoms. The van der Waals surface area contributed by atoms with E-state index >= 15 is 0 Å². The Morgan fingerprint density at radius 2 is 2.05 bits per heavy atom. The molecular weight excluding hydrogens is 280 g/mol. The van der Waals surface area contributed by atoms with Gasteiger partial charge in [-0.15, -0.1) is 0 Å². The van der Waals surface area contributed by atoms with Crippen molar-refractivity contribution in [2.45, 2.75) is 26.3 Å². The summed E-state index contributed by atoms with van der Waals surface area (Å²) >= 11 is 0. The van der Waals surface area contributed by atoms with Crippen LogP contribution >= 0.6 is 0 Å². The first-order valence-corrected chi connectivity index (χ1v) is 7.52. The van der Waals surface area contributed by atoms with Crippen molar-refractivity contribution in [1.29, 1.82) is 0 Å². The fraction of sp³-hybridized carbons (Fsp3) is 0.375. The van der Waals surface area contributed by atoms with Crippen LogP contribution in [0, 0.1) is 6.92 Å². The Labute approximate surface area is 129 Å². The number of carbonyl (C=O) groups is 1. The van der Waals surface area contributed by atoms with E-state index in [1.54, 1.807) is 13.0 Å². The number of urea groups is 1. The molecule has 1 fully saturated rings. The van der Waals surface area contributed by atoms with E-state index < -0.39 is 0 Å². The fourth-order valence-electron chi connectivity index (χ4n) is 2.66. The third-order valence-electron chi connectivity index (χ3n) is 3.73. The maximum Gasteiger partial charge on any atom is 0.324 e. The van der Waals surface area contributed by atoms with Gasteiger partial charge in [0.15, 0.2) is 5.82 Å². The van der Waals surface area contributed by atoms with Gasteiger partial charge in [-0.1, -0.05) is 23.4 Å². The topological polar surface area (TPSA) is 70.4 Å². The molecule has 1 aromatic heterocycles. The van der Waals surface area contributed by atoms with Crippen LogP contribution in [0.3, 0.4) is 0 Å². The molecule has 1 aliphatic rings. The van der Waals surface area contributed by atoms with Gasteiger partial charge in [0.25, 0.3) is 0 Å². The summed E-state index contributed by atoms with van der Waals surface area (Å²) in [6.07, 6.45) is 2.50. The van der Waals surface area contributed by atoms with Gasteiger partial charge in [-0.3, -0.25) is 10.2 Å². The molecule has 0 radical (unpaired) electrons. The van der Waals surface area contributed by atoms with Crippen LogP contribution in [0.4, 0.5) is 16.3 Å². The van der Waals surface area contributed by atoms with Gasteiger partial charge in [0, 0.05) is 18.3 Å². The van der Waals surface area contributed by atoms with Gasteiger partial charge >= 0.3 is 6.03 Å². The highest BCUT2D eigenvalue weighted by atomic mass is 16.5. The molecule has 0 aliphatic carbocycles. The lowest BCUT2D eigenvalue weighted by Crippen LogP contribution is -2.23. The molecule has 6 nitrogen and oxygen atoms in total. The molecule has 3 rings (SSSR count). The van der Waals surface area contributed by atoms with Gasteiger partial charge in [-0.2, -0.15) is 0 Å². The summed E-state index contributed by atoms with van der Waals surface area (Å²) in [5, 5.41) is 9.30. The molecule has 0 bridgehead atoms. The number of nitrogens with one attached hydrogen (secondary N) is 2. The summed E-state index contributed by atoms with van der Waals surface area (Å²) in [4.78, 5) is 14.5. The molecule has 0 unspecified atom stereocenters. The zero-order valence-corrected chi connectivity index (χ0v) is 12.6. The Bertz CT molecular complexity index is 647. The first kappa shape index (κ1) is 14.6. The van der Waals surface area contributed by atoms with Crippen LogP contribution in [0.25, 0.3) is 0 Å². The van der Waals surface area contributed by atoms with Gasteiger partial charge in [0.1, 0.15) is 5.76 Å². The van der Waals surface area contributed by atoms with Crippen molar-refractivity contribution in [3.63, 3.8) is 0 Å². The maximum absolute atomic E-state index is 12.1. The number of hydrogen-bond acceptors (Lipinski definition) is 4. The van der Waals surface area contributed by atoms with E-state index in [2.05, 4.69) is 20.7 Å². The number of nitrogens with zero attached hydrogens (tertiary/aromatic N) is 2. The largest absolute Gasteiger partial charge is 0.360 e. The van der Waals surface area contributed by atoms with Crippen LogP contribution in [-0.2, 0) is 6.54 Å². The summed E-state index contributed by atoms with van der Waals surface area (Å²) in [6, 6.07) is 9.24. The van der Waals surface area contributed by atoms with Gasteiger partial charge in [0.2, 0.25) is 0 Å². The molecule has 116 valence electrons. The molecule has 2 aromatic rings. The smallest absolute Gasteiger partial charge is 0.324 e. The van der Waals surface area contributed by atoms with Crippen LogP contribution in [0.2, 0.25) is 0 Å². The molecule has 1 aliphatic heterocycles. The first-order valence-electron chi connectivity index (χ1n) is 7.52. The minimum atomic E-state index is -0.317. The molecule has 1 saturated heterocycles. The van der Waals surface area contributed by atoms with Crippen LogP contribution in [0.5, 0.6) is 0 Å². The van der Waals surface area contributed by atoms with E-state index in [4.69, 9.17) is 4.52 Å². The molecule has 22 heavy (non-hydrogen) atoms. The Morgan fingerprint density at radius 1 is 1.27 bits per heavy atom. The summed E-state index contributed by atoms with van der Waals surface area (Å²) < 4.78 is 4.93.